The number of rotatable bonds is 4. The van der Waals surface area contributed by atoms with E-state index in [0.717, 1.165) is 38.0 Å². The lowest BCUT2D eigenvalue weighted by molar-refractivity contribution is 0.0902. The molecular weight excluding hydrogens is 332 g/mol. The summed E-state index contributed by atoms with van der Waals surface area (Å²) in [5.74, 6) is -0.0610. The van der Waals surface area contributed by atoms with Gasteiger partial charge in [-0.3, -0.25) is 19.7 Å². The highest BCUT2D eigenvalue weighted by molar-refractivity contribution is 7.09. The van der Waals surface area contributed by atoms with Gasteiger partial charge in [0, 0.05) is 36.4 Å². The Labute approximate surface area is 150 Å². The second-order valence-corrected chi connectivity index (χ2v) is 7.39. The Kier molecular flexibility index (Phi) is 4.72. The maximum absolute atomic E-state index is 12.8. The van der Waals surface area contributed by atoms with Crippen LogP contribution in [0.5, 0.6) is 0 Å². The lowest BCUT2D eigenvalue weighted by Crippen LogP contribution is -2.47. The number of fused-ring (bicyclic) bond motifs is 1. The van der Waals surface area contributed by atoms with Crippen molar-refractivity contribution < 1.29 is 4.79 Å². The number of carbonyl (C=O) groups excluding carboxylic acids is 1. The summed E-state index contributed by atoms with van der Waals surface area (Å²) in [6, 6.07) is 9.98. The Hall–Kier alpha value is -2.31. The van der Waals surface area contributed by atoms with Gasteiger partial charge in [0.1, 0.15) is 5.52 Å². The molecule has 0 saturated carbocycles. The molecule has 1 N–H and O–H groups in total. The van der Waals surface area contributed by atoms with Crippen molar-refractivity contribution in [1.82, 2.24) is 20.2 Å². The van der Waals surface area contributed by atoms with E-state index in [1.807, 2.05) is 18.2 Å². The van der Waals surface area contributed by atoms with E-state index in [9.17, 15) is 4.79 Å². The van der Waals surface area contributed by atoms with E-state index in [1.165, 1.54) is 4.88 Å². The van der Waals surface area contributed by atoms with Gasteiger partial charge >= 0.3 is 0 Å². The molecule has 2 aromatic heterocycles. The summed E-state index contributed by atoms with van der Waals surface area (Å²) in [5, 5.41) is 5.30. The molecule has 1 aliphatic rings. The van der Waals surface area contributed by atoms with Crippen LogP contribution < -0.4 is 5.32 Å². The van der Waals surface area contributed by atoms with E-state index in [2.05, 4.69) is 37.7 Å². The summed E-state index contributed by atoms with van der Waals surface area (Å²) in [6.45, 7) is 2.94. The van der Waals surface area contributed by atoms with Crippen LogP contribution in [-0.2, 0) is 6.54 Å². The van der Waals surface area contributed by atoms with Gasteiger partial charge in [-0.05, 0) is 43.0 Å². The second-order valence-electron chi connectivity index (χ2n) is 6.36. The van der Waals surface area contributed by atoms with Crippen LogP contribution in [0.3, 0.4) is 0 Å². The van der Waals surface area contributed by atoms with E-state index < -0.39 is 0 Å². The van der Waals surface area contributed by atoms with Crippen LogP contribution in [0, 0.1) is 0 Å². The zero-order valence-electron chi connectivity index (χ0n) is 13.9. The average molecular weight is 352 g/mol. The number of hydrogen-bond acceptors (Lipinski definition) is 5. The van der Waals surface area contributed by atoms with E-state index in [1.54, 1.807) is 23.7 Å². The van der Waals surface area contributed by atoms with Crippen LogP contribution in [0.2, 0.25) is 0 Å². The van der Waals surface area contributed by atoms with Gasteiger partial charge in [-0.25, -0.2) is 0 Å². The van der Waals surface area contributed by atoms with Gasteiger partial charge in [0.05, 0.1) is 11.1 Å². The van der Waals surface area contributed by atoms with Crippen molar-refractivity contribution >= 4 is 28.3 Å². The van der Waals surface area contributed by atoms with Gasteiger partial charge in [0.2, 0.25) is 0 Å². The largest absolute Gasteiger partial charge is 0.348 e. The van der Waals surface area contributed by atoms with Crippen LogP contribution in [0.25, 0.3) is 11.0 Å². The second kappa shape index (κ2) is 7.29. The molecule has 0 aliphatic carbocycles. The topological polar surface area (TPSA) is 58.1 Å². The quantitative estimate of drug-likeness (QED) is 0.784. The molecule has 3 aromatic rings. The first kappa shape index (κ1) is 16.2. The zero-order valence-corrected chi connectivity index (χ0v) is 14.7. The van der Waals surface area contributed by atoms with Crippen molar-refractivity contribution in [2.45, 2.75) is 25.4 Å². The standard InChI is InChI=1S/C19H20N4OS/c24-19(16-6-1-7-17-18(16)21-9-8-20-17)22-14-4-2-10-23(12-14)13-15-5-3-11-25-15/h1,3,5-9,11,14H,2,4,10,12-13H2,(H,22,24)/t14-/m1/s1. The van der Waals surface area contributed by atoms with Gasteiger partial charge in [-0.2, -0.15) is 0 Å². The summed E-state index contributed by atoms with van der Waals surface area (Å²) in [4.78, 5) is 25.1. The number of hydrogen-bond donors (Lipinski definition) is 1. The number of thiophene rings is 1. The number of nitrogens with zero attached hydrogens (tertiary/aromatic N) is 3. The number of aromatic nitrogens is 2. The lowest BCUT2D eigenvalue weighted by Gasteiger charge is -2.32. The number of likely N-dealkylation sites (tertiary alicyclic amines) is 1. The number of amides is 1. The smallest absolute Gasteiger partial charge is 0.253 e. The average Bonchev–Trinajstić information content (AvgIpc) is 3.14. The van der Waals surface area contributed by atoms with E-state index in [4.69, 9.17) is 0 Å². The highest BCUT2D eigenvalue weighted by Gasteiger charge is 2.23. The fourth-order valence-electron chi connectivity index (χ4n) is 3.38. The van der Waals surface area contributed by atoms with Crippen molar-refractivity contribution in [3.05, 3.63) is 58.5 Å². The lowest BCUT2D eigenvalue weighted by atomic mass is 10.0. The SMILES string of the molecule is O=C(N[C@@H]1CCCN(Cc2cccs2)C1)c1cccc2nccnc12. The third-order valence-corrected chi connectivity index (χ3v) is 5.40. The van der Waals surface area contributed by atoms with Crippen molar-refractivity contribution in [3.8, 4) is 0 Å². The van der Waals surface area contributed by atoms with Gasteiger partial charge in [-0.15, -0.1) is 11.3 Å². The molecule has 1 amide bonds. The third-order valence-electron chi connectivity index (χ3n) is 4.54. The molecule has 0 bridgehead atoms. The minimum atomic E-state index is -0.0610. The van der Waals surface area contributed by atoms with Crippen LogP contribution in [0.4, 0.5) is 0 Å². The highest BCUT2D eigenvalue weighted by atomic mass is 32.1. The molecule has 3 heterocycles. The number of para-hydroxylation sites is 1. The first-order chi connectivity index (χ1) is 12.3. The first-order valence-corrected chi connectivity index (χ1v) is 9.43. The summed E-state index contributed by atoms with van der Waals surface area (Å²) >= 11 is 1.79. The van der Waals surface area contributed by atoms with Gasteiger partial charge < -0.3 is 5.32 Å². The molecule has 1 fully saturated rings. The number of nitrogens with one attached hydrogen (secondary N) is 1. The predicted octanol–water partition coefficient (Wildman–Crippen LogP) is 3.09. The van der Waals surface area contributed by atoms with Crippen LogP contribution in [-0.4, -0.2) is 39.9 Å². The molecule has 6 heteroatoms. The molecule has 0 unspecified atom stereocenters. The number of benzene rings is 1. The minimum absolute atomic E-state index is 0.0610. The Balaban J connectivity index is 1.45. The monoisotopic (exact) mass is 352 g/mol. The fourth-order valence-corrected chi connectivity index (χ4v) is 4.13. The fraction of sp³-hybridized carbons (Fsp3) is 0.316. The summed E-state index contributed by atoms with van der Waals surface area (Å²) in [7, 11) is 0. The zero-order chi connectivity index (χ0) is 17.1. The van der Waals surface area contributed by atoms with E-state index >= 15 is 0 Å². The van der Waals surface area contributed by atoms with E-state index in [-0.39, 0.29) is 11.9 Å². The maximum Gasteiger partial charge on any atom is 0.253 e. The Morgan fingerprint density at radius 1 is 1.24 bits per heavy atom. The van der Waals surface area contributed by atoms with Gasteiger partial charge in [-0.1, -0.05) is 12.1 Å². The van der Waals surface area contributed by atoms with Crippen molar-refractivity contribution in [2.24, 2.45) is 0 Å². The number of piperidine rings is 1. The molecule has 0 spiro atoms. The molecule has 25 heavy (non-hydrogen) atoms. The molecule has 128 valence electrons. The maximum atomic E-state index is 12.8. The normalized spacial score (nSPS) is 18.3. The molecule has 5 nitrogen and oxygen atoms in total. The molecule has 4 rings (SSSR count). The van der Waals surface area contributed by atoms with Crippen molar-refractivity contribution in [2.75, 3.05) is 13.1 Å². The molecule has 1 aromatic carbocycles. The van der Waals surface area contributed by atoms with Crippen LogP contribution >= 0.6 is 11.3 Å². The van der Waals surface area contributed by atoms with Crippen molar-refractivity contribution in [1.29, 1.82) is 0 Å². The minimum Gasteiger partial charge on any atom is -0.348 e. The first-order valence-electron chi connectivity index (χ1n) is 8.55. The Bertz CT molecular complexity index is 860. The number of carbonyl (C=O) groups is 1. The highest BCUT2D eigenvalue weighted by Crippen LogP contribution is 2.18. The molecular formula is C19H20N4OS. The third kappa shape index (κ3) is 3.70. The van der Waals surface area contributed by atoms with Crippen molar-refractivity contribution in [3.63, 3.8) is 0 Å². The summed E-state index contributed by atoms with van der Waals surface area (Å²) < 4.78 is 0. The Morgan fingerprint density at radius 3 is 3.04 bits per heavy atom. The molecule has 1 saturated heterocycles. The molecule has 1 atom stereocenters. The van der Waals surface area contributed by atoms with Crippen LogP contribution in [0.1, 0.15) is 28.1 Å². The molecule has 1 aliphatic heterocycles. The predicted molar refractivity (Wildman–Crippen MR) is 99.6 cm³/mol. The van der Waals surface area contributed by atoms with Crippen LogP contribution in [0.15, 0.2) is 48.1 Å². The summed E-state index contributed by atoms with van der Waals surface area (Å²) in [5.41, 5.74) is 2.01. The Morgan fingerprint density at radius 2 is 2.16 bits per heavy atom. The van der Waals surface area contributed by atoms with Gasteiger partial charge in [0.15, 0.2) is 0 Å². The molecule has 0 radical (unpaired) electrons. The van der Waals surface area contributed by atoms with Gasteiger partial charge in [0.25, 0.3) is 5.91 Å². The summed E-state index contributed by atoms with van der Waals surface area (Å²) in [6.07, 6.45) is 5.39. The van der Waals surface area contributed by atoms with E-state index in [0.29, 0.717) is 11.1 Å².